The molecule has 0 unspecified atom stereocenters. The summed E-state index contributed by atoms with van der Waals surface area (Å²) in [6.07, 6.45) is 1.76. The molecule has 4 rings (SSSR count). The zero-order valence-corrected chi connectivity index (χ0v) is 15.1. The quantitative estimate of drug-likeness (QED) is 0.752. The molecule has 5 nitrogen and oxygen atoms in total. The summed E-state index contributed by atoms with van der Waals surface area (Å²) in [7, 11) is 0. The lowest BCUT2D eigenvalue weighted by molar-refractivity contribution is 0.227. The molecule has 1 saturated heterocycles. The van der Waals surface area contributed by atoms with E-state index in [9.17, 15) is 5.11 Å². The van der Waals surface area contributed by atoms with Gasteiger partial charge in [-0.05, 0) is 36.4 Å². The van der Waals surface area contributed by atoms with E-state index in [-0.39, 0.29) is 0 Å². The maximum Gasteiger partial charge on any atom is 0.209 e. The zero-order chi connectivity index (χ0) is 17.9. The Labute approximate surface area is 157 Å². The lowest BCUT2D eigenvalue weighted by Gasteiger charge is -2.35. The fourth-order valence-corrected chi connectivity index (χ4v) is 3.37. The number of halogens is 1. The number of phenols is 1. The van der Waals surface area contributed by atoms with E-state index in [1.165, 1.54) is 0 Å². The fraction of sp³-hybridized carbons (Fsp3) is 0.250. The average molecular weight is 370 g/mol. The number of rotatable bonds is 4. The minimum Gasteiger partial charge on any atom is -0.508 e. The monoisotopic (exact) mass is 369 g/mol. The van der Waals surface area contributed by atoms with Gasteiger partial charge in [0.15, 0.2) is 5.76 Å². The number of oxazole rings is 1. The van der Waals surface area contributed by atoms with Crippen LogP contribution < -0.4 is 4.90 Å². The van der Waals surface area contributed by atoms with E-state index >= 15 is 0 Å². The van der Waals surface area contributed by atoms with Crippen LogP contribution in [0.1, 0.15) is 5.89 Å². The van der Waals surface area contributed by atoms with Crippen LogP contribution >= 0.6 is 11.6 Å². The third kappa shape index (κ3) is 3.84. The van der Waals surface area contributed by atoms with Crippen molar-refractivity contribution < 1.29 is 9.52 Å². The summed E-state index contributed by atoms with van der Waals surface area (Å²) in [4.78, 5) is 9.07. The first kappa shape index (κ1) is 16.9. The van der Waals surface area contributed by atoms with Gasteiger partial charge in [0.1, 0.15) is 5.75 Å². The Bertz CT molecular complexity index is 871. The number of hydrogen-bond donors (Lipinski definition) is 1. The number of hydrogen-bond acceptors (Lipinski definition) is 5. The van der Waals surface area contributed by atoms with E-state index in [4.69, 9.17) is 16.0 Å². The van der Waals surface area contributed by atoms with E-state index in [0.717, 1.165) is 49.1 Å². The second kappa shape index (κ2) is 7.40. The minimum atomic E-state index is 0.298. The van der Waals surface area contributed by atoms with Gasteiger partial charge in [-0.3, -0.25) is 4.90 Å². The largest absolute Gasteiger partial charge is 0.508 e. The molecule has 134 valence electrons. The molecule has 1 aliphatic heterocycles. The van der Waals surface area contributed by atoms with Crippen molar-refractivity contribution in [1.29, 1.82) is 0 Å². The van der Waals surface area contributed by atoms with Crippen molar-refractivity contribution in [2.75, 3.05) is 31.1 Å². The summed E-state index contributed by atoms with van der Waals surface area (Å²) in [6.45, 7) is 4.45. The predicted octanol–water partition coefficient (Wildman–Crippen LogP) is 4.02. The smallest absolute Gasteiger partial charge is 0.209 e. The molecular formula is C20H20ClN3O2. The van der Waals surface area contributed by atoms with E-state index in [0.29, 0.717) is 17.3 Å². The molecule has 0 radical (unpaired) electrons. The molecule has 0 amide bonds. The van der Waals surface area contributed by atoms with E-state index in [1.54, 1.807) is 18.3 Å². The average Bonchev–Trinajstić information content (AvgIpc) is 3.12. The number of phenolic OH excluding ortho intramolecular Hbond substituents is 1. The summed E-state index contributed by atoms with van der Waals surface area (Å²) in [5.41, 5.74) is 2.08. The van der Waals surface area contributed by atoms with E-state index in [2.05, 4.69) is 14.8 Å². The minimum absolute atomic E-state index is 0.298. The van der Waals surface area contributed by atoms with Crippen LogP contribution in [-0.4, -0.2) is 41.2 Å². The summed E-state index contributed by atoms with van der Waals surface area (Å²) >= 11 is 6.04. The van der Waals surface area contributed by atoms with Crippen molar-refractivity contribution in [2.24, 2.45) is 0 Å². The molecule has 6 heteroatoms. The highest BCUT2D eigenvalue weighted by Gasteiger charge is 2.19. The number of nitrogens with zero attached hydrogens (tertiary/aromatic N) is 3. The van der Waals surface area contributed by atoms with Gasteiger partial charge in [-0.1, -0.05) is 23.7 Å². The maximum absolute atomic E-state index is 9.41. The SMILES string of the molecule is Oc1ccc(N2CCN(Cc3ncc(-c4cccc(Cl)c4)o3)CC2)cc1. The van der Waals surface area contributed by atoms with Crippen LogP contribution in [0.25, 0.3) is 11.3 Å². The Morgan fingerprint density at radius 3 is 2.54 bits per heavy atom. The van der Waals surface area contributed by atoms with Crippen LogP contribution in [0.4, 0.5) is 5.69 Å². The highest BCUT2D eigenvalue weighted by atomic mass is 35.5. The Balaban J connectivity index is 1.35. The Morgan fingerprint density at radius 1 is 1.04 bits per heavy atom. The summed E-state index contributed by atoms with van der Waals surface area (Å²) < 4.78 is 5.90. The van der Waals surface area contributed by atoms with Crippen molar-refractivity contribution in [3.05, 3.63) is 65.6 Å². The molecule has 0 atom stereocenters. The summed E-state index contributed by atoms with van der Waals surface area (Å²) in [5.74, 6) is 1.76. The van der Waals surface area contributed by atoms with E-state index in [1.807, 2.05) is 36.4 Å². The van der Waals surface area contributed by atoms with Gasteiger partial charge in [0.05, 0.1) is 12.7 Å². The third-order valence-electron chi connectivity index (χ3n) is 4.61. The van der Waals surface area contributed by atoms with Gasteiger partial charge in [0.25, 0.3) is 0 Å². The second-order valence-corrected chi connectivity index (χ2v) is 6.84. The van der Waals surface area contributed by atoms with Crippen molar-refractivity contribution in [3.8, 4) is 17.1 Å². The Hall–Kier alpha value is -2.50. The molecule has 1 fully saturated rings. The number of anilines is 1. The summed E-state index contributed by atoms with van der Waals surface area (Å²) in [6, 6.07) is 15.0. The molecule has 0 saturated carbocycles. The predicted molar refractivity (Wildman–Crippen MR) is 103 cm³/mol. The molecular weight excluding hydrogens is 350 g/mol. The number of piperazine rings is 1. The van der Waals surface area contributed by atoms with Crippen molar-refractivity contribution in [2.45, 2.75) is 6.54 Å². The molecule has 1 aliphatic rings. The standard InChI is InChI=1S/C20H20ClN3O2/c21-16-3-1-2-15(12-16)19-13-22-20(26-19)14-23-8-10-24(11-9-23)17-4-6-18(25)7-5-17/h1-7,12-13,25H,8-11,14H2. The highest BCUT2D eigenvalue weighted by molar-refractivity contribution is 6.30. The van der Waals surface area contributed by atoms with Gasteiger partial charge in [0.2, 0.25) is 5.89 Å². The number of benzene rings is 2. The molecule has 1 N–H and O–H groups in total. The lowest BCUT2D eigenvalue weighted by atomic mass is 10.2. The third-order valence-corrected chi connectivity index (χ3v) is 4.84. The molecule has 0 spiro atoms. The second-order valence-electron chi connectivity index (χ2n) is 6.41. The van der Waals surface area contributed by atoms with Crippen molar-refractivity contribution >= 4 is 17.3 Å². The van der Waals surface area contributed by atoms with E-state index < -0.39 is 0 Å². The summed E-state index contributed by atoms with van der Waals surface area (Å²) in [5, 5.41) is 10.1. The molecule has 26 heavy (non-hydrogen) atoms. The molecule has 2 aromatic carbocycles. The number of aromatic hydroxyl groups is 1. The lowest BCUT2D eigenvalue weighted by Crippen LogP contribution is -2.46. The Kier molecular flexibility index (Phi) is 4.82. The zero-order valence-electron chi connectivity index (χ0n) is 14.3. The molecule has 0 aliphatic carbocycles. The molecule has 0 bridgehead atoms. The Morgan fingerprint density at radius 2 is 1.81 bits per heavy atom. The molecule has 2 heterocycles. The van der Waals surface area contributed by atoms with Gasteiger partial charge in [-0.2, -0.15) is 0 Å². The van der Waals surface area contributed by atoms with Crippen LogP contribution in [0, 0.1) is 0 Å². The van der Waals surface area contributed by atoms with Crippen molar-refractivity contribution in [1.82, 2.24) is 9.88 Å². The van der Waals surface area contributed by atoms with Gasteiger partial charge in [-0.15, -0.1) is 0 Å². The first-order valence-corrected chi connectivity index (χ1v) is 9.02. The van der Waals surface area contributed by atoms with Crippen LogP contribution in [0.5, 0.6) is 5.75 Å². The van der Waals surface area contributed by atoms with Gasteiger partial charge in [-0.25, -0.2) is 4.98 Å². The molecule has 3 aromatic rings. The van der Waals surface area contributed by atoms with Crippen molar-refractivity contribution in [3.63, 3.8) is 0 Å². The first-order chi connectivity index (χ1) is 12.7. The van der Waals surface area contributed by atoms with Gasteiger partial charge in [0, 0.05) is 42.5 Å². The van der Waals surface area contributed by atoms with Gasteiger partial charge >= 0.3 is 0 Å². The first-order valence-electron chi connectivity index (χ1n) is 8.64. The van der Waals surface area contributed by atoms with Crippen LogP contribution in [0.3, 0.4) is 0 Å². The fourth-order valence-electron chi connectivity index (χ4n) is 3.18. The number of aromatic nitrogens is 1. The van der Waals surface area contributed by atoms with Crippen LogP contribution in [0.15, 0.2) is 59.1 Å². The van der Waals surface area contributed by atoms with Crippen LogP contribution in [0.2, 0.25) is 5.02 Å². The topological polar surface area (TPSA) is 52.7 Å². The van der Waals surface area contributed by atoms with Gasteiger partial charge < -0.3 is 14.4 Å². The van der Waals surface area contributed by atoms with Crippen LogP contribution in [-0.2, 0) is 6.54 Å². The maximum atomic E-state index is 9.41. The normalized spacial score (nSPS) is 15.3. The highest BCUT2D eigenvalue weighted by Crippen LogP contribution is 2.24. The molecule has 1 aromatic heterocycles.